The molecule has 0 radical (unpaired) electrons. The first-order valence-electron chi connectivity index (χ1n) is 7.76. The molecule has 26 heavy (non-hydrogen) atoms. The Morgan fingerprint density at radius 1 is 1.04 bits per heavy atom. The fraction of sp³-hybridized carbons (Fsp3) is 0.111. The van der Waals surface area contributed by atoms with E-state index in [0.717, 1.165) is 4.88 Å². The zero-order valence-electron chi connectivity index (χ0n) is 13.9. The maximum absolute atomic E-state index is 12.0. The van der Waals surface area contributed by atoms with Crippen molar-refractivity contribution in [2.24, 2.45) is 0 Å². The molecule has 0 spiro atoms. The van der Waals surface area contributed by atoms with Crippen molar-refractivity contribution in [3.8, 4) is 0 Å². The average molecular weight is 368 g/mol. The number of carbonyl (C=O) groups is 2. The van der Waals surface area contributed by atoms with Crippen molar-refractivity contribution in [3.05, 3.63) is 64.4 Å². The molecule has 0 bridgehead atoms. The molecule has 0 aliphatic heterocycles. The lowest BCUT2D eigenvalue weighted by atomic mass is 10.2. The van der Waals surface area contributed by atoms with Crippen LogP contribution in [0.1, 0.15) is 15.2 Å². The summed E-state index contributed by atoms with van der Waals surface area (Å²) in [5.41, 5.74) is 0.952. The monoisotopic (exact) mass is 368 g/mol. The smallest absolute Gasteiger partial charge is 0.339 e. The lowest BCUT2D eigenvalue weighted by Crippen LogP contribution is -2.15. The van der Waals surface area contributed by atoms with E-state index >= 15 is 0 Å². The molecule has 132 valence electrons. The van der Waals surface area contributed by atoms with Crippen molar-refractivity contribution in [3.63, 3.8) is 0 Å². The summed E-state index contributed by atoms with van der Waals surface area (Å²) in [7, 11) is 1.33. The number of amides is 1. The number of aromatic nitrogens is 2. The standard InChI is InChI=1S/C18H16N4O3S/c1-25-18(24)13-6-2-3-7-14(13)19-15-8-9-16(22-21-15)20-17(23)11-12-5-4-10-26-12/h2-10H,11H2,1H3,(H,19,21)(H,20,22,23). The molecular weight excluding hydrogens is 352 g/mol. The van der Waals surface area contributed by atoms with E-state index in [4.69, 9.17) is 4.74 Å². The maximum Gasteiger partial charge on any atom is 0.339 e. The molecule has 0 unspecified atom stereocenters. The van der Waals surface area contributed by atoms with Crippen molar-refractivity contribution in [2.75, 3.05) is 17.7 Å². The number of methoxy groups -OCH3 is 1. The molecule has 1 amide bonds. The van der Waals surface area contributed by atoms with Gasteiger partial charge in [0.05, 0.1) is 24.8 Å². The van der Waals surface area contributed by atoms with Crippen LogP contribution in [0.15, 0.2) is 53.9 Å². The number of rotatable bonds is 6. The molecule has 2 heterocycles. The van der Waals surface area contributed by atoms with Gasteiger partial charge in [-0.2, -0.15) is 0 Å². The molecule has 1 aromatic carbocycles. The van der Waals surface area contributed by atoms with Crippen molar-refractivity contribution in [1.29, 1.82) is 0 Å². The van der Waals surface area contributed by atoms with Crippen LogP contribution in [0, 0.1) is 0 Å². The summed E-state index contributed by atoms with van der Waals surface area (Å²) in [4.78, 5) is 24.7. The molecule has 0 fully saturated rings. The van der Waals surface area contributed by atoms with E-state index in [-0.39, 0.29) is 5.91 Å². The van der Waals surface area contributed by atoms with Crippen LogP contribution in [0.5, 0.6) is 0 Å². The molecule has 8 heteroatoms. The first-order valence-corrected chi connectivity index (χ1v) is 8.64. The molecule has 3 rings (SSSR count). The number of nitrogens with one attached hydrogen (secondary N) is 2. The molecular formula is C18H16N4O3S. The van der Waals surface area contributed by atoms with Crippen molar-refractivity contribution >= 4 is 40.5 Å². The second-order valence-electron chi connectivity index (χ2n) is 5.27. The fourth-order valence-electron chi connectivity index (χ4n) is 2.24. The van der Waals surface area contributed by atoms with E-state index in [2.05, 4.69) is 20.8 Å². The summed E-state index contributed by atoms with van der Waals surface area (Å²) < 4.78 is 4.76. The lowest BCUT2D eigenvalue weighted by Gasteiger charge is -2.10. The van der Waals surface area contributed by atoms with Crippen molar-refractivity contribution in [2.45, 2.75) is 6.42 Å². The van der Waals surface area contributed by atoms with Gasteiger partial charge < -0.3 is 15.4 Å². The Morgan fingerprint density at radius 2 is 1.81 bits per heavy atom. The molecule has 2 aromatic heterocycles. The third kappa shape index (κ3) is 4.42. The van der Waals surface area contributed by atoms with Gasteiger partial charge in [-0.15, -0.1) is 21.5 Å². The van der Waals surface area contributed by atoms with Gasteiger partial charge in [0.1, 0.15) is 0 Å². The van der Waals surface area contributed by atoms with Gasteiger partial charge in [0, 0.05) is 4.88 Å². The number of benzene rings is 1. The average Bonchev–Trinajstić information content (AvgIpc) is 3.16. The highest BCUT2D eigenvalue weighted by Crippen LogP contribution is 2.20. The van der Waals surface area contributed by atoms with Gasteiger partial charge in [0.2, 0.25) is 5.91 Å². The highest BCUT2D eigenvalue weighted by Gasteiger charge is 2.12. The Labute approximate surface area is 154 Å². The van der Waals surface area contributed by atoms with Crippen molar-refractivity contribution < 1.29 is 14.3 Å². The van der Waals surface area contributed by atoms with E-state index in [9.17, 15) is 9.59 Å². The van der Waals surface area contributed by atoms with Gasteiger partial charge in [-0.05, 0) is 35.7 Å². The lowest BCUT2D eigenvalue weighted by molar-refractivity contribution is -0.115. The minimum Gasteiger partial charge on any atom is -0.465 e. The molecule has 0 aliphatic rings. The molecule has 3 aromatic rings. The Hall–Kier alpha value is -3.26. The number of anilines is 3. The molecule has 2 N–H and O–H groups in total. The number of nitrogens with zero attached hydrogens (tertiary/aromatic N) is 2. The summed E-state index contributed by atoms with van der Waals surface area (Å²) in [5, 5.41) is 15.7. The van der Waals surface area contributed by atoms with Crippen molar-refractivity contribution in [1.82, 2.24) is 10.2 Å². The van der Waals surface area contributed by atoms with E-state index in [1.165, 1.54) is 18.4 Å². The summed E-state index contributed by atoms with van der Waals surface area (Å²) in [6.07, 6.45) is 0.297. The predicted octanol–water partition coefficient (Wildman–Crippen LogP) is 3.25. The van der Waals surface area contributed by atoms with Gasteiger partial charge in [-0.25, -0.2) is 4.79 Å². The zero-order valence-corrected chi connectivity index (χ0v) is 14.7. The van der Waals surface area contributed by atoms with Gasteiger partial charge in [-0.1, -0.05) is 18.2 Å². The number of hydrogen-bond donors (Lipinski definition) is 2. The topological polar surface area (TPSA) is 93.2 Å². The second-order valence-corrected chi connectivity index (χ2v) is 6.30. The third-order valence-corrected chi connectivity index (χ3v) is 4.32. The van der Waals surface area contributed by atoms with Gasteiger partial charge >= 0.3 is 5.97 Å². The molecule has 0 saturated heterocycles. The summed E-state index contributed by atoms with van der Waals surface area (Å²) in [6, 6.07) is 14.0. The van der Waals surface area contributed by atoms with Crippen LogP contribution in [0.2, 0.25) is 0 Å². The number of esters is 1. The molecule has 0 atom stereocenters. The summed E-state index contributed by atoms with van der Waals surface area (Å²) >= 11 is 1.53. The second kappa shape index (κ2) is 8.21. The van der Waals surface area contributed by atoms with Crippen LogP contribution in [0.4, 0.5) is 17.3 Å². The van der Waals surface area contributed by atoms with E-state index in [1.54, 1.807) is 36.4 Å². The van der Waals surface area contributed by atoms with Gasteiger partial charge in [-0.3, -0.25) is 4.79 Å². The van der Waals surface area contributed by atoms with E-state index < -0.39 is 5.97 Å². The SMILES string of the molecule is COC(=O)c1ccccc1Nc1ccc(NC(=O)Cc2cccs2)nn1. The first-order chi connectivity index (χ1) is 12.7. The Balaban J connectivity index is 1.65. The fourth-order valence-corrected chi connectivity index (χ4v) is 2.95. The predicted molar refractivity (Wildman–Crippen MR) is 99.7 cm³/mol. The first kappa shape index (κ1) is 17.6. The number of para-hydroxylation sites is 1. The Kier molecular flexibility index (Phi) is 5.55. The highest BCUT2D eigenvalue weighted by atomic mass is 32.1. The summed E-state index contributed by atoms with van der Waals surface area (Å²) in [5.74, 6) is 0.202. The van der Waals surface area contributed by atoms with E-state index in [1.807, 2.05) is 17.5 Å². The number of ether oxygens (including phenoxy) is 1. The largest absolute Gasteiger partial charge is 0.465 e. The van der Waals surface area contributed by atoms with Crippen LogP contribution in [0.25, 0.3) is 0 Å². The van der Waals surface area contributed by atoms with Crippen LogP contribution in [-0.4, -0.2) is 29.2 Å². The highest BCUT2D eigenvalue weighted by molar-refractivity contribution is 7.10. The normalized spacial score (nSPS) is 10.2. The maximum atomic E-state index is 12.0. The van der Waals surface area contributed by atoms with Crippen LogP contribution >= 0.6 is 11.3 Å². The molecule has 0 saturated carbocycles. The molecule has 0 aliphatic carbocycles. The number of thiophene rings is 1. The minimum atomic E-state index is -0.446. The quantitative estimate of drug-likeness (QED) is 0.649. The van der Waals surface area contributed by atoms with Crippen LogP contribution in [0.3, 0.4) is 0 Å². The summed E-state index contributed by atoms with van der Waals surface area (Å²) in [6.45, 7) is 0. The zero-order chi connectivity index (χ0) is 18.4. The number of carbonyl (C=O) groups excluding carboxylic acids is 2. The Morgan fingerprint density at radius 3 is 2.50 bits per heavy atom. The van der Waals surface area contributed by atoms with Crippen LogP contribution in [-0.2, 0) is 16.0 Å². The van der Waals surface area contributed by atoms with Gasteiger partial charge in [0.25, 0.3) is 0 Å². The Bertz CT molecular complexity index is 895. The van der Waals surface area contributed by atoms with Gasteiger partial charge in [0.15, 0.2) is 11.6 Å². The van der Waals surface area contributed by atoms with Crippen LogP contribution < -0.4 is 10.6 Å². The minimum absolute atomic E-state index is 0.154. The van der Waals surface area contributed by atoms with E-state index in [0.29, 0.717) is 29.3 Å². The number of hydrogen-bond acceptors (Lipinski definition) is 7. The third-order valence-electron chi connectivity index (χ3n) is 3.44. The molecule has 7 nitrogen and oxygen atoms in total.